The smallest absolute Gasteiger partial charge is 0.147 e. The number of rotatable bonds is 2. The number of hydrogen-bond acceptors (Lipinski definition) is 3. The van der Waals surface area contributed by atoms with Gasteiger partial charge in [0.15, 0.2) is 0 Å². The molecule has 0 aromatic heterocycles. The highest BCUT2D eigenvalue weighted by atomic mass is 32.2. The van der Waals surface area contributed by atoms with Crippen molar-refractivity contribution in [2.24, 2.45) is 11.7 Å². The lowest BCUT2D eigenvalue weighted by atomic mass is 10.5. The molecule has 0 heterocycles. The van der Waals surface area contributed by atoms with Crippen LogP contribution in [0.1, 0.15) is 6.42 Å². The van der Waals surface area contributed by atoms with E-state index in [4.69, 9.17) is 5.73 Å². The first kappa shape index (κ1) is 7.02. The highest BCUT2D eigenvalue weighted by molar-refractivity contribution is 7.90. The first-order chi connectivity index (χ1) is 3.99. The molecule has 0 bridgehead atoms. The third-order valence-electron chi connectivity index (χ3n) is 1.49. The van der Waals surface area contributed by atoms with Crippen molar-refractivity contribution in [1.29, 1.82) is 0 Å². The molecule has 0 unspecified atom stereocenters. The molecule has 0 aromatic carbocycles. The Morgan fingerprint density at radius 2 is 2.11 bits per heavy atom. The van der Waals surface area contributed by atoms with E-state index in [0.717, 1.165) is 6.42 Å². The summed E-state index contributed by atoms with van der Waals surface area (Å²) in [4.78, 5) is 0. The van der Waals surface area contributed by atoms with E-state index in [1.807, 2.05) is 0 Å². The molecule has 0 radical (unpaired) electrons. The zero-order valence-corrected chi connectivity index (χ0v) is 6.19. The van der Waals surface area contributed by atoms with Crippen LogP contribution in [0.15, 0.2) is 0 Å². The molecular weight excluding hydrogens is 138 g/mol. The number of nitrogens with two attached hydrogens (primary N) is 1. The second-order valence-electron chi connectivity index (χ2n) is 2.75. The lowest BCUT2D eigenvalue weighted by molar-refractivity contribution is 0.597. The van der Waals surface area contributed by atoms with Crippen LogP contribution in [0, 0.1) is 5.92 Å². The molecule has 0 amide bonds. The van der Waals surface area contributed by atoms with E-state index in [0.29, 0.717) is 0 Å². The molecule has 9 heavy (non-hydrogen) atoms. The predicted molar refractivity (Wildman–Crippen MR) is 35.8 cm³/mol. The van der Waals surface area contributed by atoms with Gasteiger partial charge in [0.25, 0.3) is 0 Å². The highest BCUT2D eigenvalue weighted by Crippen LogP contribution is 2.28. The number of hydrogen-bond donors (Lipinski definition) is 1. The van der Waals surface area contributed by atoms with Crippen LogP contribution in [0.25, 0.3) is 0 Å². The highest BCUT2D eigenvalue weighted by Gasteiger charge is 2.35. The second-order valence-corrected chi connectivity index (χ2v) is 4.94. The molecule has 3 nitrogen and oxygen atoms in total. The van der Waals surface area contributed by atoms with Crippen molar-refractivity contribution in [1.82, 2.24) is 0 Å². The van der Waals surface area contributed by atoms with Crippen LogP contribution in [0.3, 0.4) is 0 Å². The molecule has 2 atom stereocenters. The van der Waals surface area contributed by atoms with E-state index in [9.17, 15) is 8.42 Å². The molecule has 2 N–H and O–H groups in total. The average molecular weight is 149 g/mol. The van der Waals surface area contributed by atoms with Crippen LogP contribution < -0.4 is 5.73 Å². The number of sulfone groups is 1. The third-order valence-corrected chi connectivity index (χ3v) is 2.53. The summed E-state index contributed by atoms with van der Waals surface area (Å²) < 4.78 is 21.1. The third kappa shape index (κ3) is 2.32. The molecule has 1 saturated carbocycles. The Labute approximate surface area is 55.2 Å². The molecule has 1 aliphatic carbocycles. The molecule has 1 fully saturated rings. The maximum atomic E-state index is 10.6. The minimum atomic E-state index is -2.77. The summed E-state index contributed by atoms with van der Waals surface area (Å²) in [6, 6.07) is 0.153. The van der Waals surface area contributed by atoms with Gasteiger partial charge in [-0.3, -0.25) is 0 Å². The van der Waals surface area contributed by atoms with Gasteiger partial charge >= 0.3 is 0 Å². The van der Waals surface area contributed by atoms with Crippen molar-refractivity contribution in [3.63, 3.8) is 0 Å². The zero-order chi connectivity index (χ0) is 7.07. The van der Waals surface area contributed by atoms with E-state index in [2.05, 4.69) is 0 Å². The van der Waals surface area contributed by atoms with Crippen molar-refractivity contribution >= 4 is 9.84 Å². The van der Waals surface area contributed by atoms with Gasteiger partial charge in [0.2, 0.25) is 0 Å². The van der Waals surface area contributed by atoms with Gasteiger partial charge in [0.1, 0.15) is 9.84 Å². The van der Waals surface area contributed by atoms with Crippen LogP contribution >= 0.6 is 0 Å². The fourth-order valence-corrected chi connectivity index (χ4v) is 2.01. The summed E-state index contributed by atoms with van der Waals surface area (Å²) in [5, 5.41) is 0. The van der Waals surface area contributed by atoms with Gasteiger partial charge in [-0.15, -0.1) is 0 Å². The van der Waals surface area contributed by atoms with E-state index in [1.54, 1.807) is 0 Å². The standard InChI is InChI=1S/C5H11NO2S/c1-9(7,8)3-4-2-5(4)6/h4-5H,2-3,6H2,1H3/t4-,5+/m0/s1. The summed E-state index contributed by atoms with van der Waals surface area (Å²) >= 11 is 0. The minimum absolute atomic E-state index is 0.153. The molecule has 0 spiro atoms. The normalized spacial score (nSPS) is 34.4. The molecule has 1 aliphatic rings. The average Bonchev–Trinajstić information content (AvgIpc) is 2.13. The Morgan fingerprint density at radius 3 is 2.22 bits per heavy atom. The van der Waals surface area contributed by atoms with Gasteiger partial charge in [0, 0.05) is 12.3 Å². The maximum absolute atomic E-state index is 10.6. The lowest BCUT2D eigenvalue weighted by Crippen LogP contribution is -2.11. The van der Waals surface area contributed by atoms with E-state index >= 15 is 0 Å². The van der Waals surface area contributed by atoms with E-state index in [-0.39, 0.29) is 17.7 Å². The van der Waals surface area contributed by atoms with Crippen LogP contribution in [0.5, 0.6) is 0 Å². The second kappa shape index (κ2) is 1.95. The summed E-state index contributed by atoms with van der Waals surface area (Å²) in [5.41, 5.74) is 5.41. The Kier molecular flexibility index (Phi) is 1.52. The minimum Gasteiger partial charge on any atom is -0.327 e. The van der Waals surface area contributed by atoms with Gasteiger partial charge in [-0.2, -0.15) is 0 Å². The van der Waals surface area contributed by atoms with E-state index < -0.39 is 9.84 Å². The van der Waals surface area contributed by atoms with Gasteiger partial charge < -0.3 is 5.73 Å². The molecule has 0 saturated heterocycles. The monoisotopic (exact) mass is 149 g/mol. The zero-order valence-electron chi connectivity index (χ0n) is 5.37. The summed E-state index contributed by atoms with van der Waals surface area (Å²) in [7, 11) is -2.77. The van der Waals surface area contributed by atoms with Gasteiger partial charge in [-0.05, 0) is 12.3 Å². The van der Waals surface area contributed by atoms with Gasteiger partial charge in [-0.25, -0.2) is 8.42 Å². The van der Waals surface area contributed by atoms with Crippen molar-refractivity contribution in [3.05, 3.63) is 0 Å². The van der Waals surface area contributed by atoms with Crippen LogP contribution in [0.2, 0.25) is 0 Å². The first-order valence-electron chi connectivity index (χ1n) is 2.92. The molecule has 1 rings (SSSR count). The summed E-state index contributed by atoms with van der Waals surface area (Å²) in [5.74, 6) is 0.522. The van der Waals surface area contributed by atoms with Crippen LogP contribution in [-0.2, 0) is 9.84 Å². The van der Waals surface area contributed by atoms with Gasteiger partial charge in [-0.1, -0.05) is 0 Å². The Morgan fingerprint density at radius 1 is 1.67 bits per heavy atom. The summed E-state index contributed by atoms with van der Waals surface area (Å²) in [6.07, 6.45) is 2.13. The molecule has 54 valence electrons. The fourth-order valence-electron chi connectivity index (χ4n) is 0.852. The van der Waals surface area contributed by atoms with Crippen molar-refractivity contribution in [2.75, 3.05) is 12.0 Å². The Bertz CT molecular complexity index is 197. The largest absolute Gasteiger partial charge is 0.327 e. The fraction of sp³-hybridized carbons (Fsp3) is 1.00. The van der Waals surface area contributed by atoms with Crippen molar-refractivity contribution in [2.45, 2.75) is 12.5 Å². The predicted octanol–water partition coefficient (Wildman–Crippen LogP) is -0.622. The van der Waals surface area contributed by atoms with Crippen molar-refractivity contribution in [3.8, 4) is 0 Å². The Balaban J connectivity index is 2.37. The van der Waals surface area contributed by atoms with Crippen molar-refractivity contribution < 1.29 is 8.42 Å². The molecule has 0 aromatic rings. The van der Waals surface area contributed by atoms with Gasteiger partial charge in [0.05, 0.1) is 5.75 Å². The topological polar surface area (TPSA) is 60.2 Å². The quantitative estimate of drug-likeness (QED) is 0.569. The first-order valence-corrected chi connectivity index (χ1v) is 4.98. The molecular formula is C5H11NO2S. The Hall–Kier alpha value is -0.0900. The maximum Gasteiger partial charge on any atom is 0.147 e. The molecule has 0 aliphatic heterocycles. The van der Waals surface area contributed by atoms with Crippen LogP contribution in [0.4, 0.5) is 0 Å². The van der Waals surface area contributed by atoms with Crippen LogP contribution in [-0.4, -0.2) is 26.5 Å². The van der Waals surface area contributed by atoms with E-state index in [1.165, 1.54) is 6.26 Å². The summed E-state index contributed by atoms with van der Waals surface area (Å²) in [6.45, 7) is 0. The lowest BCUT2D eigenvalue weighted by Gasteiger charge is -1.91. The molecule has 4 heteroatoms. The SMILES string of the molecule is CS(=O)(=O)C[C@@H]1C[C@H]1N.